The fourth-order valence-corrected chi connectivity index (χ4v) is 2.92. The second-order valence-corrected chi connectivity index (χ2v) is 6.18. The second kappa shape index (κ2) is 5.46. The lowest BCUT2D eigenvalue weighted by atomic mass is 9.78. The van der Waals surface area contributed by atoms with Crippen molar-refractivity contribution in [2.75, 3.05) is 17.9 Å². The summed E-state index contributed by atoms with van der Waals surface area (Å²) in [5.41, 5.74) is 0.307. The number of aromatic nitrogens is 2. The molecule has 0 radical (unpaired) electrons. The van der Waals surface area contributed by atoms with Gasteiger partial charge in [-0.15, -0.1) is 0 Å². The molecule has 1 N–H and O–H groups in total. The zero-order chi connectivity index (χ0) is 13.1. The van der Waals surface area contributed by atoms with Crippen LogP contribution < -0.4 is 4.72 Å². The number of nitrogens with zero attached hydrogens (tertiary/aromatic N) is 2. The number of rotatable bonds is 5. The highest BCUT2D eigenvalue weighted by Crippen LogP contribution is 2.35. The van der Waals surface area contributed by atoms with Gasteiger partial charge in [0.15, 0.2) is 0 Å². The van der Waals surface area contributed by atoms with E-state index >= 15 is 0 Å². The van der Waals surface area contributed by atoms with Crippen LogP contribution in [-0.2, 0) is 14.9 Å². The van der Waals surface area contributed by atoms with Crippen LogP contribution in [0.5, 0.6) is 0 Å². The maximum atomic E-state index is 11.5. The summed E-state index contributed by atoms with van der Waals surface area (Å²) in [6.07, 6.45) is 6.65. The average Bonchev–Trinajstić information content (AvgIpc) is 3.30. The summed E-state index contributed by atoms with van der Waals surface area (Å²) in [6, 6.07) is 1.84. The van der Waals surface area contributed by atoms with E-state index in [0.29, 0.717) is 37.3 Å². The lowest BCUT2D eigenvalue weighted by molar-refractivity contribution is -0.116. The fourth-order valence-electron chi connectivity index (χ4n) is 2.18. The van der Waals surface area contributed by atoms with Gasteiger partial charge < -0.3 is 9.53 Å². The molecule has 0 aromatic carbocycles. The minimum absolute atomic E-state index is 0.498. The van der Waals surface area contributed by atoms with Crippen molar-refractivity contribution in [2.24, 2.45) is 0 Å². The molecule has 6 heteroatoms. The van der Waals surface area contributed by atoms with E-state index in [9.17, 15) is 4.79 Å². The molecule has 2 aliphatic rings. The quantitative estimate of drug-likeness (QED) is 0.656. The monoisotopic (exact) mass is 279 g/mol. The summed E-state index contributed by atoms with van der Waals surface area (Å²) in [5.74, 6) is 0.599. The zero-order valence-electron chi connectivity index (χ0n) is 10.7. The Kier molecular flexibility index (Phi) is 3.70. The zero-order valence-corrected chi connectivity index (χ0v) is 11.5. The van der Waals surface area contributed by atoms with E-state index in [1.807, 2.05) is 6.07 Å². The van der Waals surface area contributed by atoms with Crippen LogP contribution in [0.1, 0.15) is 31.4 Å². The van der Waals surface area contributed by atoms with Crippen LogP contribution in [0.2, 0.25) is 0 Å². The fraction of sp³-hybridized carbons (Fsp3) is 0.615. The van der Waals surface area contributed by atoms with Crippen molar-refractivity contribution in [2.45, 2.75) is 36.3 Å². The molecule has 3 rings (SSSR count). The third-order valence-corrected chi connectivity index (χ3v) is 4.72. The number of anilines is 1. The number of hydrogen-bond acceptors (Lipinski definition) is 6. The van der Waals surface area contributed by atoms with Crippen LogP contribution >= 0.6 is 11.9 Å². The normalized spacial score (nSPS) is 21.9. The minimum Gasteiger partial charge on any atom is -0.381 e. The lowest BCUT2D eigenvalue weighted by Crippen LogP contribution is -2.36. The van der Waals surface area contributed by atoms with Crippen LogP contribution in [0.15, 0.2) is 12.3 Å². The van der Waals surface area contributed by atoms with E-state index in [4.69, 9.17) is 4.74 Å². The number of carbonyl (C=O) groups excluding carboxylic acids is 1. The standard InChI is InChI=1S/C13H17N3O2S/c17-9-13(4-7-18-8-5-13)11-3-6-14-12(15-11)16-19-10-1-2-10/h3,6,9-10H,1-2,4-5,7-8H2,(H,14,15,16). The van der Waals surface area contributed by atoms with Crippen molar-refractivity contribution >= 4 is 24.2 Å². The summed E-state index contributed by atoms with van der Waals surface area (Å²) in [5, 5.41) is 0.690. The summed E-state index contributed by atoms with van der Waals surface area (Å²) < 4.78 is 8.52. The molecule has 1 aliphatic heterocycles. The molecule has 19 heavy (non-hydrogen) atoms. The van der Waals surface area contributed by atoms with E-state index in [1.54, 1.807) is 18.1 Å². The highest BCUT2D eigenvalue weighted by Gasteiger charge is 2.36. The molecule has 102 valence electrons. The van der Waals surface area contributed by atoms with Gasteiger partial charge in [-0.3, -0.25) is 4.72 Å². The van der Waals surface area contributed by atoms with E-state index in [2.05, 4.69) is 14.7 Å². The molecule has 2 fully saturated rings. The van der Waals surface area contributed by atoms with Crippen LogP contribution in [0, 0.1) is 0 Å². The van der Waals surface area contributed by atoms with Gasteiger partial charge in [0.2, 0.25) is 5.95 Å². The third-order valence-electron chi connectivity index (χ3n) is 3.62. The van der Waals surface area contributed by atoms with Crippen molar-refractivity contribution in [3.05, 3.63) is 18.0 Å². The van der Waals surface area contributed by atoms with Gasteiger partial charge in [0.1, 0.15) is 6.29 Å². The SMILES string of the molecule is O=CC1(c2ccnc(NSC3CC3)n2)CCOCC1. The molecule has 1 saturated heterocycles. The van der Waals surface area contributed by atoms with Gasteiger partial charge in [0.05, 0.1) is 11.1 Å². The van der Waals surface area contributed by atoms with Gasteiger partial charge in [0, 0.05) is 24.7 Å². The molecule has 0 atom stereocenters. The minimum atomic E-state index is -0.498. The first-order valence-corrected chi connectivity index (χ1v) is 7.50. The molecule has 1 aromatic heterocycles. The molecule has 0 amide bonds. The van der Waals surface area contributed by atoms with Gasteiger partial charge >= 0.3 is 0 Å². The molecule has 0 bridgehead atoms. The van der Waals surface area contributed by atoms with E-state index < -0.39 is 5.41 Å². The smallest absolute Gasteiger partial charge is 0.233 e. The Morgan fingerprint density at radius 1 is 1.42 bits per heavy atom. The molecule has 1 saturated carbocycles. The average molecular weight is 279 g/mol. The molecule has 0 unspecified atom stereocenters. The first kappa shape index (κ1) is 12.9. The molecule has 0 spiro atoms. The van der Waals surface area contributed by atoms with Crippen molar-refractivity contribution in [1.29, 1.82) is 0 Å². The van der Waals surface area contributed by atoms with Crippen molar-refractivity contribution < 1.29 is 9.53 Å². The molecule has 2 heterocycles. The number of aldehydes is 1. The molecule has 5 nitrogen and oxygen atoms in total. The summed E-state index contributed by atoms with van der Waals surface area (Å²) in [7, 11) is 0. The molecule has 1 aromatic rings. The van der Waals surface area contributed by atoms with Gasteiger partial charge in [-0.2, -0.15) is 0 Å². The van der Waals surface area contributed by atoms with Crippen molar-refractivity contribution in [3.8, 4) is 0 Å². The van der Waals surface area contributed by atoms with Gasteiger partial charge in [-0.05, 0) is 43.7 Å². The van der Waals surface area contributed by atoms with Crippen LogP contribution in [-0.4, -0.2) is 34.7 Å². The van der Waals surface area contributed by atoms with Gasteiger partial charge in [-0.25, -0.2) is 9.97 Å². The van der Waals surface area contributed by atoms with Crippen LogP contribution in [0.3, 0.4) is 0 Å². The molecular weight excluding hydrogens is 262 g/mol. The molecule has 1 aliphatic carbocycles. The maximum Gasteiger partial charge on any atom is 0.233 e. The van der Waals surface area contributed by atoms with E-state index in [0.717, 1.165) is 12.0 Å². The Morgan fingerprint density at radius 3 is 2.89 bits per heavy atom. The predicted octanol–water partition coefficient (Wildman–Crippen LogP) is 1.95. The van der Waals surface area contributed by atoms with Crippen molar-refractivity contribution in [3.63, 3.8) is 0 Å². The second-order valence-electron chi connectivity index (χ2n) is 5.07. The first-order chi connectivity index (χ1) is 9.32. The largest absolute Gasteiger partial charge is 0.381 e. The van der Waals surface area contributed by atoms with Crippen molar-refractivity contribution in [1.82, 2.24) is 9.97 Å². The Balaban J connectivity index is 1.77. The van der Waals surface area contributed by atoms with E-state index in [-0.39, 0.29) is 0 Å². The molecular formula is C13H17N3O2S. The number of nitrogens with one attached hydrogen (secondary N) is 1. The Bertz CT molecular complexity index is 459. The van der Waals surface area contributed by atoms with Gasteiger partial charge in [0.25, 0.3) is 0 Å². The predicted molar refractivity (Wildman–Crippen MR) is 74.1 cm³/mol. The number of carbonyl (C=O) groups is 1. The van der Waals surface area contributed by atoms with Crippen LogP contribution in [0.4, 0.5) is 5.95 Å². The van der Waals surface area contributed by atoms with E-state index in [1.165, 1.54) is 12.8 Å². The number of hydrogen-bond donors (Lipinski definition) is 1. The van der Waals surface area contributed by atoms with Gasteiger partial charge in [-0.1, -0.05) is 0 Å². The maximum absolute atomic E-state index is 11.5. The first-order valence-electron chi connectivity index (χ1n) is 6.62. The highest BCUT2D eigenvalue weighted by atomic mass is 32.2. The Labute approximate surface area is 116 Å². The summed E-state index contributed by atoms with van der Waals surface area (Å²) in [4.78, 5) is 20.2. The summed E-state index contributed by atoms with van der Waals surface area (Å²) in [6.45, 7) is 1.23. The third kappa shape index (κ3) is 2.90. The number of ether oxygens (including phenoxy) is 1. The highest BCUT2D eigenvalue weighted by molar-refractivity contribution is 8.01. The van der Waals surface area contributed by atoms with Crippen LogP contribution in [0.25, 0.3) is 0 Å². The lowest BCUT2D eigenvalue weighted by Gasteiger charge is -2.31. The Morgan fingerprint density at radius 2 is 2.21 bits per heavy atom. The topological polar surface area (TPSA) is 64.1 Å². The summed E-state index contributed by atoms with van der Waals surface area (Å²) >= 11 is 1.67. The Hall–Kier alpha value is -1.14.